The molecule has 0 amide bonds. The molecule has 0 fully saturated rings. The molecule has 0 bridgehead atoms. The van der Waals surface area contributed by atoms with E-state index in [1.807, 2.05) is 0 Å². The summed E-state index contributed by atoms with van der Waals surface area (Å²) in [6.45, 7) is 0. The average Bonchev–Trinajstić information content (AvgIpc) is 2.59. The molecular formula is C9H6ClN5S. The molecule has 2 aromatic rings. The Morgan fingerprint density at radius 2 is 2.06 bits per heavy atom. The highest BCUT2D eigenvalue weighted by Gasteiger charge is 2.09. The number of nitrogen functional groups attached to an aromatic ring is 1. The topological polar surface area (TPSA) is 87.7 Å². The van der Waals surface area contributed by atoms with Crippen molar-refractivity contribution in [1.29, 1.82) is 0 Å². The molecule has 7 heteroatoms. The number of benzene rings is 1. The van der Waals surface area contributed by atoms with Crippen molar-refractivity contribution < 1.29 is 0 Å². The number of hydrogen-bond acceptors (Lipinski definition) is 4. The van der Waals surface area contributed by atoms with E-state index in [0.29, 0.717) is 20.8 Å². The van der Waals surface area contributed by atoms with Crippen LogP contribution in [0.25, 0.3) is 21.7 Å². The number of halogens is 1. The van der Waals surface area contributed by atoms with Crippen molar-refractivity contribution in [1.82, 2.24) is 4.98 Å². The molecule has 0 spiro atoms. The van der Waals surface area contributed by atoms with Crippen molar-refractivity contribution in [3.05, 3.63) is 39.0 Å². The predicted molar refractivity (Wildman–Crippen MR) is 65.8 cm³/mol. The number of thiazole rings is 1. The van der Waals surface area contributed by atoms with E-state index in [-0.39, 0.29) is 0 Å². The summed E-state index contributed by atoms with van der Waals surface area (Å²) in [7, 11) is 0. The van der Waals surface area contributed by atoms with Crippen LogP contribution in [0.1, 0.15) is 0 Å². The van der Waals surface area contributed by atoms with E-state index < -0.39 is 0 Å². The highest BCUT2D eigenvalue weighted by Crippen LogP contribution is 2.34. The van der Waals surface area contributed by atoms with E-state index in [2.05, 4.69) is 15.0 Å². The summed E-state index contributed by atoms with van der Waals surface area (Å²) in [5, 5.41) is 3.90. The van der Waals surface area contributed by atoms with Gasteiger partial charge in [0.2, 0.25) is 0 Å². The fraction of sp³-hybridized carbons (Fsp3) is 0. The molecule has 0 radical (unpaired) electrons. The Hall–Kier alpha value is -1.75. The van der Waals surface area contributed by atoms with Crippen LogP contribution < -0.4 is 5.73 Å². The van der Waals surface area contributed by atoms with E-state index in [4.69, 9.17) is 22.9 Å². The lowest BCUT2D eigenvalue weighted by atomic mass is 10.1. The summed E-state index contributed by atoms with van der Waals surface area (Å²) in [5.74, 6) is 0. The average molecular weight is 252 g/mol. The zero-order chi connectivity index (χ0) is 11.5. The van der Waals surface area contributed by atoms with Gasteiger partial charge in [-0.1, -0.05) is 52.3 Å². The first kappa shape index (κ1) is 10.8. The number of nitrogens with zero attached hydrogens (tertiary/aromatic N) is 4. The van der Waals surface area contributed by atoms with Crippen molar-refractivity contribution in [2.75, 3.05) is 5.73 Å². The van der Waals surface area contributed by atoms with Gasteiger partial charge in [0.25, 0.3) is 0 Å². The van der Waals surface area contributed by atoms with E-state index >= 15 is 0 Å². The summed E-state index contributed by atoms with van der Waals surface area (Å²) in [6.07, 6.45) is 0. The Labute approximate surface area is 100 Å². The van der Waals surface area contributed by atoms with Gasteiger partial charge >= 0.3 is 0 Å². The van der Waals surface area contributed by atoms with Gasteiger partial charge in [0.05, 0.1) is 0 Å². The third-order valence-corrected chi connectivity index (χ3v) is 2.99. The van der Waals surface area contributed by atoms with Gasteiger partial charge < -0.3 is 5.73 Å². The van der Waals surface area contributed by atoms with Gasteiger partial charge in [-0.3, -0.25) is 0 Å². The van der Waals surface area contributed by atoms with Crippen molar-refractivity contribution in [2.45, 2.75) is 0 Å². The summed E-state index contributed by atoms with van der Waals surface area (Å²) in [6, 6.07) is 6.95. The van der Waals surface area contributed by atoms with Crippen LogP contribution in [0.4, 0.5) is 10.8 Å². The molecule has 5 nitrogen and oxygen atoms in total. The third-order valence-electron chi connectivity index (χ3n) is 1.90. The zero-order valence-electron chi connectivity index (χ0n) is 7.96. The predicted octanol–water partition coefficient (Wildman–Crippen LogP) is 3.99. The lowest BCUT2D eigenvalue weighted by Gasteiger charge is -1.97. The number of nitrogens with two attached hydrogens (primary N) is 1. The Morgan fingerprint density at radius 1 is 1.38 bits per heavy atom. The first-order valence-corrected chi connectivity index (χ1v) is 5.47. The molecule has 16 heavy (non-hydrogen) atoms. The quantitative estimate of drug-likeness (QED) is 0.497. The molecule has 0 atom stereocenters. The molecule has 1 aromatic heterocycles. The van der Waals surface area contributed by atoms with Crippen LogP contribution in [0.5, 0.6) is 0 Å². The number of hydrogen-bond donors (Lipinski definition) is 1. The van der Waals surface area contributed by atoms with Crippen LogP contribution in [0.2, 0.25) is 4.34 Å². The Kier molecular flexibility index (Phi) is 2.96. The van der Waals surface area contributed by atoms with E-state index in [0.717, 1.165) is 5.56 Å². The second-order valence-electron chi connectivity index (χ2n) is 2.91. The maximum Gasteiger partial charge on any atom is 0.182 e. The van der Waals surface area contributed by atoms with Gasteiger partial charge in [0.1, 0.15) is 10.0 Å². The lowest BCUT2D eigenvalue weighted by molar-refractivity contribution is 1.40. The number of aromatic nitrogens is 1. The molecule has 80 valence electrons. The minimum Gasteiger partial charge on any atom is -0.375 e. The molecule has 1 heterocycles. The van der Waals surface area contributed by atoms with E-state index in [9.17, 15) is 0 Å². The third kappa shape index (κ3) is 2.09. The van der Waals surface area contributed by atoms with Gasteiger partial charge in [-0.15, -0.1) is 0 Å². The second-order valence-corrected chi connectivity index (χ2v) is 4.54. The Morgan fingerprint density at radius 3 is 2.56 bits per heavy atom. The van der Waals surface area contributed by atoms with E-state index in [1.54, 1.807) is 24.3 Å². The smallest absolute Gasteiger partial charge is 0.182 e. The molecule has 0 saturated carbocycles. The fourth-order valence-corrected chi connectivity index (χ4v) is 2.20. The largest absolute Gasteiger partial charge is 0.375 e. The molecule has 0 aliphatic heterocycles. The van der Waals surface area contributed by atoms with Crippen LogP contribution in [0, 0.1) is 0 Å². The van der Waals surface area contributed by atoms with Crippen molar-refractivity contribution >= 4 is 33.8 Å². The minimum atomic E-state index is 0.430. The summed E-state index contributed by atoms with van der Waals surface area (Å²) in [5.41, 5.74) is 15.9. The first-order chi connectivity index (χ1) is 7.70. The Balaban J connectivity index is 2.41. The molecule has 0 aliphatic carbocycles. The molecule has 2 N–H and O–H groups in total. The molecule has 0 unspecified atom stereocenters. The second kappa shape index (κ2) is 4.40. The lowest BCUT2D eigenvalue weighted by Crippen LogP contribution is -1.82. The molecule has 0 saturated heterocycles. The minimum absolute atomic E-state index is 0.430. The van der Waals surface area contributed by atoms with Gasteiger partial charge in [-0.2, -0.15) is 0 Å². The van der Waals surface area contributed by atoms with Gasteiger partial charge in [0.15, 0.2) is 5.13 Å². The highest BCUT2D eigenvalue weighted by atomic mass is 35.5. The first-order valence-electron chi connectivity index (χ1n) is 4.28. The van der Waals surface area contributed by atoms with Crippen molar-refractivity contribution in [3.8, 4) is 11.3 Å². The monoisotopic (exact) mass is 251 g/mol. The molecule has 1 aromatic carbocycles. The molecular weight excluding hydrogens is 246 g/mol. The summed E-state index contributed by atoms with van der Waals surface area (Å²) in [4.78, 5) is 6.81. The number of anilines is 1. The van der Waals surface area contributed by atoms with E-state index in [1.165, 1.54) is 11.3 Å². The van der Waals surface area contributed by atoms with Gasteiger partial charge in [-0.05, 0) is 5.53 Å². The van der Waals surface area contributed by atoms with Gasteiger partial charge in [-0.25, -0.2) is 4.98 Å². The maximum absolute atomic E-state index is 8.26. The molecule has 2 rings (SSSR count). The van der Waals surface area contributed by atoms with Crippen LogP contribution in [0.3, 0.4) is 0 Å². The van der Waals surface area contributed by atoms with Crippen molar-refractivity contribution in [3.63, 3.8) is 0 Å². The summed E-state index contributed by atoms with van der Waals surface area (Å²) >= 11 is 7.20. The maximum atomic E-state index is 8.26. The van der Waals surface area contributed by atoms with Crippen LogP contribution in [0.15, 0.2) is 29.4 Å². The number of rotatable bonds is 2. The van der Waals surface area contributed by atoms with Crippen LogP contribution >= 0.6 is 22.9 Å². The fourth-order valence-electron chi connectivity index (χ4n) is 1.23. The SMILES string of the molecule is [N-]=[N+]=Nc1ccc(-c2nc(N)sc2Cl)cc1. The van der Waals surface area contributed by atoms with Crippen LogP contribution in [-0.2, 0) is 0 Å². The zero-order valence-corrected chi connectivity index (χ0v) is 9.53. The summed E-state index contributed by atoms with van der Waals surface area (Å²) < 4.78 is 0.550. The van der Waals surface area contributed by atoms with Gasteiger partial charge in [0, 0.05) is 16.2 Å². The number of azide groups is 1. The molecule has 0 aliphatic rings. The Bertz CT molecular complexity index is 556. The normalized spacial score (nSPS) is 9.81. The van der Waals surface area contributed by atoms with Crippen molar-refractivity contribution in [2.24, 2.45) is 5.11 Å². The standard InChI is InChI=1S/C9H6ClN5S/c10-8-7(13-9(11)16-8)5-1-3-6(4-2-5)14-15-12/h1-4H,(H2,11,13). The highest BCUT2D eigenvalue weighted by molar-refractivity contribution is 7.19. The van der Waals surface area contributed by atoms with Crippen LogP contribution in [-0.4, -0.2) is 4.98 Å².